The highest BCUT2D eigenvalue weighted by Crippen LogP contribution is 2.45. The third kappa shape index (κ3) is 10.4. The van der Waals surface area contributed by atoms with Gasteiger partial charge in [0.1, 0.15) is 29.1 Å². The number of phenols is 4. The predicted molar refractivity (Wildman–Crippen MR) is 186 cm³/mol. The molecule has 0 saturated heterocycles. The molecule has 7 N–H and O–H groups in total. The summed E-state index contributed by atoms with van der Waals surface area (Å²) in [6.45, 7) is 6.06. The van der Waals surface area contributed by atoms with Crippen molar-refractivity contribution in [2.45, 2.75) is 135 Å². The molecule has 2 aromatic rings. The lowest BCUT2D eigenvalue weighted by molar-refractivity contribution is 0.0690. The van der Waals surface area contributed by atoms with E-state index in [2.05, 4.69) is 22.9 Å². The van der Waals surface area contributed by atoms with Crippen LogP contribution in [0.3, 0.4) is 0 Å². The van der Waals surface area contributed by atoms with Gasteiger partial charge in [0.2, 0.25) is 0 Å². The van der Waals surface area contributed by atoms with Gasteiger partial charge in [0.15, 0.2) is 0 Å². The summed E-state index contributed by atoms with van der Waals surface area (Å²) in [5.74, 6) is -0.310. The molecule has 258 valence electrons. The Hall–Kier alpha value is -2.65. The third-order valence-electron chi connectivity index (χ3n) is 9.87. The number of aromatic hydroxyl groups is 4. The Bertz CT molecular complexity index is 1210. The number of ether oxygens (including phenoxy) is 1. The second-order valence-corrected chi connectivity index (χ2v) is 14.3. The Morgan fingerprint density at radius 2 is 1.22 bits per heavy atom. The van der Waals surface area contributed by atoms with Gasteiger partial charge in [0.25, 0.3) is 0 Å². The van der Waals surface area contributed by atoms with Crippen LogP contribution in [0.5, 0.6) is 23.0 Å². The van der Waals surface area contributed by atoms with E-state index in [1.54, 1.807) is 24.3 Å². The molecule has 0 aliphatic heterocycles. The molecule has 4 aliphatic rings. The number of aliphatic hydroxyl groups excluding tert-OH is 1. The Balaban J connectivity index is 1.98. The van der Waals surface area contributed by atoms with Crippen LogP contribution in [-0.2, 0) is 4.74 Å². The number of nitrogens with two attached hydrogens (primary N) is 1. The van der Waals surface area contributed by atoms with Crippen LogP contribution in [0.4, 0.5) is 4.79 Å². The molecule has 0 heterocycles. The second kappa shape index (κ2) is 18.6. The molecule has 4 bridgehead atoms. The number of halogens is 1. The molecule has 0 radical (unpaired) electrons. The summed E-state index contributed by atoms with van der Waals surface area (Å²) in [5, 5.41) is 56.8. The SMILES string of the molecule is CCCC[C@H]1CCCC[C@H](C)[C@@H](O)c2cc(O)c(c(O)c2)[C@@H](CCCCBr)CCCC[C@H](C)[C@@H](OC(N)=O)c2cc(O)c1c(O)c2. The van der Waals surface area contributed by atoms with Gasteiger partial charge in [-0.25, -0.2) is 4.79 Å². The van der Waals surface area contributed by atoms with E-state index < -0.39 is 18.3 Å². The van der Waals surface area contributed by atoms with E-state index in [1.165, 1.54) is 0 Å². The number of alkyl halides is 1. The van der Waals surface area contributed by atoms with E-state index >= 15 is 0 Å². The maximum Gasteiger partial charge on any atom is 0.405 e. The molecule has 6 rings (SSSR count). The Labute approximate surface area is 283 Å². The summed E-state index contributed by atoms with van der Waals surface area (Å²) in [6, 6.07) is 6.45. The fraction of sp³-hybridized carbons (Fsp3) is 0.649. The summed E-state index contributed by atoms with van der Waals surface area (Å²) in [5.41, 5.74) is 7.55. The van der Waals surface area contributed by atoms with Crippen molar-refractivity contribution < 1.29 is 35.1 Å². The minimum absolute atomic E-state index is 0.00117. The van der Waals surface area contributed by atoms with Gasteiger partial charge in [-0.15, -0.1) is 0 Å². The first-order valence-corrected chi connectivity index (χ1v) is 18.4. The van der Waals surface area contributed by atoms with Crippen molar-refractivity contribution in [3.05, 3.63) is 46.5 Å². The zero-order chi connectivity index (χ0) is 33.8. The maximum atomic E-state index is 11.9. The molecule has 0 aromatic heterocycles. The molecule has 0 saturated carbocycles. The van der Waals surface area contributed by atoms with Gasteiger partial charge in [-0.3, -0.25) is 0 Å². The molecule has 8 nitrogen and oxygen atoms in total. The predicted octanol–water partition coefficient (Wildman–Crippen LogP) is 9.71. The number of primary amides is 1. The van der Waals surface area contributed by atoms with Crippen molar-refractivity contribution in [3.8, 4) is 23.0 Å². The van der Waals surface area contributed by atoms with Crippen molar-refractivity contribution >= 4 is 22.0 Å². The molecule has 0 unspecified atom stereocenters. The fourth-order valence-corrected chi connectivity index (χ4v) is 7.65. The smallest absolute Gasteiger partial charge is 0.405 e. The molecule has 9 heteroatoms. The van der Waals surface area contributed by atoms with Crippen molar-refractivity contribution in [2.24, 2.45) is 17.6 Å². The minimum atomic E-state index is -0.914. The lowest BCUT2D eigenvalue weighted by Crippen LogP contribution is -2.22. The average molecular weight is 707 g/mol. The summed E-state index contributed by atoms with van der Waals surface area (Å²) in [6.07, 6.45) is 9.18. The highest BCUT2D eigenvalue weighted by atomic mass is 79.9. The minimum Gasteiger partial charge on any atom is -0.508 e. The number of aliphatic hydroxyl groups is 1. The van der Waals surface area contributed by atoms with Crippen LogP contribution in [0.25, 0.3) is 0 Å². The maximum absolute atomic E-state index is 11.9. The first kappa shape index (κ1) is 37.8. The normalized spacial score (nSPS) is 25.1. The number of hydrogen-bond donors (Lipinski definition) is 6. The number of rotatable bonds is 8. The van der Waals surface area contributed by atoms with Gasteiger partial charge in [0, 0.05) is 22.0 Å². The van der Waals surface area contributed by atoms with Crippen LogP contribution in [-0.4, -0.2) is 37.0 Å². The van der Waals surface area contributed by atoms with Crippen LogP contribution >= 0.6 is 15.9 Å². The van der Waals surface area contributed by atoms with E-state index in [4.69, 9.17) is 10.5 Å². The van der Waals surface area contributed by atoms with Crippen molar-refractivity contribution in [3.63, 3.8) is 0 Å². The molecule has 1 amide bonds. The van der Waals surface area contributed by atoms with E-state index in [0.29, 0.717) is 28.7 Å². The van der Waals surface area contributed by atoms with Crippen molar-refractivity contribution in [1.29, 1.82) is 0 Å². The number of carbonyl (C=O) groups is 1. The van der Waals surface area contributed by atoms with Crippen LogP contribution < -0.4 is 5.73 Å². The van der Waals surface area contributed by atoms with Crippen molar-refractivity contribution in [2.75, 3.05) is 5.33 Å². The summed E-state index contributed by atoms with van der Waals surface area (Å²) in [4.78, 5) is 11.9. The number of phenolic OH excluding ortho intramolecular Hbond substituents is 4. The number of carbonyl (C=O) groups excluding carboxylic acids is 1. The first-order chi connectivity index (χ1) is 22.0. The molecule has 46 heavy (non-hydrogen) atoms. The van der Waals surface area contributed by atoms with Crippen LogP contribution in [0.15, 0.2) is 24.3 Å². The summed E-state index contributed by atoms with van der Waals surface area (Å²) >= 11 is 3.50. The van der Waals surface area contributed by atoms with Gasteiger partial charge in [0.05, 0.1) is 6.10 Å². The monoisotopic (exact) mass is 705 g/mol. The van der Waals surface area contributed by atoms with E-state index in [1.807, 2.05) is 13.8 Å². The Morgan fingerprint density at radius 3 is 1.70 bits per heavy atom. The zero-order valence-electron chi connectivity index (χ0n) is 27.9. The lowest BCUT2D eigenvalue weighted by atomic mass is 9.83. The van der Waals surface area contributed by atoms with E-state index in [-0.39, 0.29) is 46.7 Å². The van der Waals surface area contributed by atoms with Gasteiger partial charge in [-0.2, -0.15) is 0 Å². The van der Waals surface area contributed by atoms with E-state index in [9.17, 15) is 30.3 Å². The van der Waals surface area contributed by atoms with Gasteiger partial charge < -0.3 is 36.0 Å². The van der Waals surface area contributed by atoms with Crippen LogP contribution in [0, 0.1) is 11.8 Å². The Morgan fingerprint density at radius 1 is 0.761 bits per heavy atom. The Kier molecular flexibility index (Phi) is 15.3. The molecule has 2 aromatic carbocycles. The number of amides is 1. The average Bonchev–Trinajstić information content (AvgIpc) is 3.00. The van der Waals surface area contributed by atoms with E-state index in [0.717, 1.165) is 88.8 Å². The van der Waals surface area contributed by atoms with Gasteiger partial charge >= 0.3 is 6.09 Å². The molecule has 0 fully saturated rings. The highest BCUT2D eigenvalue weighted by molar-refractivity contribution is 9.09. The molecular formula is C37H56BrNO7. The number of unbranched alkanes of at least 4 members (excludes halogenated alkanes) is 2. The topological polar surface area (TPSA) is 153 Å². The van der Waals surface area contributed by atoms with Crippen LogP contribution in [0.1, 0.15) is 157 Å². The number of hydrogen-bond acceptors (Lipinski definition) is 7. The highest BCUT2D eigenvalue weighted by Gasteiger charge is 2.29. The van der Waals surface area contributed by atoms with Crippen molar-refractivity contribution in [1.82, 2.24) is 0 Å². The molecular weight excluding hydrogens is 650 g/mol. The molecule has 4 aliphatic carbocycles. The molecule has 0 spiro atoms. The largest absolute Gasteiger partial charge is 0.508 e. The number of benzene rings is 2. The molecule has 6 atom stereocenters. The lowest BCUT2D eigenvalue weighted by Gasteiger charge is -2.27. The summed E-state index contributed by atoms with van der Waals surface area (Å²) in [7, 11) is 0. The quantitative estimate of drug-likeness (QED) is 0.118. The first-order valence-electron chi connectivity index (χ1n) is 17.3. The van der Waals surface area contributed by atoms with Gasteiger partial charge in [-0.05, 0) is 98.4 Å². The summed E-state index contributed by atoms with van der Waals surface area (Å²) < 4.78 is 5.56. The second-order valence-electron chi connectivity index (χ2n) is 13.5. The van der Waals surface area contributed by atoms with Gasteiger partial charge in [-0.1, -0.05) is 81.6 Å². The van der Waals surface area contributed by atoms with Crippen LogP contribution in [0.2, 0.25) is 0 Å². The zero-order valence-corrected chi connectivity index (χ0v) is 29.5. The standard InChI is InChI=1S/C37H56BrNO7/c1-4-5-14-25-15-8-6-12-23(2)35(44)27-19-29(40)34(30(41)20-27)26(17-10-11-18-38)16-9-7-13-24(3)36(46-37(39)45)28-21-31(42)33(25)32(43)22-28/h19-26,35-36,40-44H,4-18H2,1-3H3,(H2,39,45)/t23-,24-,25-,26+,35+,36+/m0/s1. The fourth-order valence-electron chi connectivity index (χ4n) is 7.25. The third-order valence-corrected chi connectivity index (χ3v) is 10.4.